The van der Waals surface area contributed by atoms with E-state index in [-0.39, 0.29) is 17.9 Å². The molecule has 14 heavy (non-hydrogen) atoms. The van der Waals surface area contributed by atoms with E-state index in [1.807, 2.05) is 6.92 Å². The Balaban J connectivity index is 2.13. The fourth-order valence-electron chi connectivity index (χ4n) is 1.76. The maximum absolute atomic E-state index is 11.5. The summed E-state index contributed by atoms with van der Waals surface area (Å²) in [5.41, 5.74) is 0. The van der Waals surface area contributed by atoms with Crippen molar-refractivity contribution in [3.63, 3.8) is 0 Å². The van der Waals surface area contributed by atoms with E-state index < -0.39 is 0 Å². The molecule has 0 saturated carbocycles. The van der Waals surface area contributed by atoms with Gasteiger partial charge in [-0.1, -0.05) is 20.3 Å². The number of hydrogen-bond donors (Lipinski definition) is 1. The molecule has 82 valence electrons. The van der Waals surface area contributed by atoms with Gasteiger partial charge in [0.25, 0.3) is 0 Å². The van der Waals surface area contributed by atoms with E-state index in [2.05, 4.69) is 12.2 Å². The van der Waals surface area contributed by atoms with Crippen LogP contribution in [0, 0.1) is 5.92 Å². The van der Waals surface area contributed by atoms with Crippen molar-refractivity contribution >= 4 is 5.91 Å². The monoisotopic (exact) mass is 199 g/mol. The molecule has 1 aliphatic heterocycles. The maximum atomic E-state index is 11.5. The number of amides is 1. The smallest absolute Gasteiger partial charge is 0.222 e. The summed E-state index contributed by atoms with van der Waals surface area (Å²) in [6, 6.07) is 0. The predicted molar refractivity (Wildman–Crippen MR) is 56.1 cm³/mol. The van der Waals surface area contributed by atoms with E-state index >= 15 is 0 Å². The summed E-state index contributed by atoms with van der Waals surface area (Å²) >= 11 is 0. The van der Waals surface area contributed by atoms with Gasteiger partial charge in [0.1, 0.15) is 0 Å². The first-order valence-corrected chi connectivity index (χ1v) is 5.63. The number of carbonyl (C=O) groups is 1. The molecule has 3 nitrogen and oxygen atoms in total. The Hall–Kier alpha value is -0.570. The van der Waals surface area contributed by atoms with Crippen molar-refractivity contribution in [2.45, 2.75) is 45.6 Å². The van der Waals surface area contributed by atoms with Crippen LogP contribution in [-0.4, -0.2) is 25.2 Å². The van der Waals surface area contributed by atoms with E-state index in [9.17, 15) is 4.79 Å². The highest BCUT2D eigenvalue weighted by atomic mass is 16.5. The third-order valence-corrected chi connectivity index (χ3v) is 2.70. The Labute approximate surface area is 86.2 Å². The fourth-order valence-corrected chi connectivity index (χ4v) is 1.76. The van der Waals surface area contributed by atoms with Crippen LogP contribution >= 0.6 is 0 Å². The van der Waals surface area contributed by atoms with Crippen molar-refractivity contribution in [3.05, 3.63) is 0 Å². The molecule has 1 fully saturated rings. The van der Waals surface area contributed by atoms with Gasteiger partial charge in [-0.05, 0) is 19.3 Å². The predicted octanol–water partition coefficient (Wildman–Crippen LogP) is 1.72. The van der Waals surface area contributed by atoms with Gasteiger partial charge in [0, 0.05) is 19.1 Å². The van der Waals surface area contributed by atoms with Crippen molar-refractivity contribution in [1.29, 1.82) is 0 Å². The van der Waals surface area contributed by atoms with E-state index in [0.717, 1.165) is 32.3 Å². The largest absolute Gasteiger partial charge is 0.376 e. The van der Waals surface area contributed by atoms with Crippen LogP contribution in [0.15, 0.2) is 0 Å². The van der Waals surface area contributed by atoms with Gasteiger partial charge in [-0.2, -0.15) is 0 Å². The highest BCUT2D eigenvalue weighted by Gasteiger charge is 2.17. The van der Waals surface area contributed by atoms with Gasteiger partial charge in [-0.25, -0.2) is 0 Å². The highest BCUT2D eigenvalue weighted by Crippen LogP contribution is 2.11. The molecular formula is C11H21NO2. The summed E-state index contributed by atoms with van der Waals surface area (Å²) in [6.45, 7) is 5.62. The second kappa shape index (κ2) is 6.02. The first kappa shape index (κ1) is 11.5. The quantitative estimate of drug-likeness (QED) is 0.732. The van der Waals surface area contributed by atoms with Crippen molar-refractivity contribution in [3.8, 4) is 0 Å². The number of carbonyl (C=O) groups excluding carboxylic acids is 1. The molecule has 0 spiro atoms. The molecule has 3 heteroatoms. The zero-order chi connectivity index (χ0) is 10.4. The van der Waals surface area contributed by atoms with E-state index in [4.69, 9.17) is 4.74 Å². The van der Waals surface area contributed by atoms with Crippen molar-refractivity contribution < 1.29 is 9.53 Å². The fraction of sp³-hybridized carbons (Fsp3) is 0.909. The molecule has 1 N–H and O–H groups in total. The zero-order valence-corrected chi connectivity index (χ0v) is 9.21. The van der Waals surface area contributed by atoms with Crippen molar-refractivity contribution in [2.75, 3.05) is 13.2 Å². The van der Waals surface area contributed by atoms with E-state index in [0.29, 0.717) is 6.54 Å². The lowest BCUT2D eigenvalue weighted by Gasteiger charge is -2.14. The molecule has 1 saturated heterocycles. The second-order valence-electron chi connectivity index (χ2n) is 4.07. The highest BCUT2D eigenvalue weighted by molar-refractivity contribution is 5.78. The summed E-state index contributed by atoms with van der Waals surface area (Å²) < 4.78 is 5.43. The van der Waals surface area contributed by atoms with Crippen LogP contribution < -0.4 is 5.32 Å². The van der Waals surface area contributed by atoms with Crippen LogP contribution in [0.25, 0.3) is 0 Å². The Kier molecular flexibility index (Phi) is 4.94. The molecular weight excluding hydrogens is 178 g/mol. The average Bonchev–Trinajstić information content (AvgIpc) is 2.67. The van der Waals surface area contributed by atoms with E-state index in [1.54, 1.807) is 0 Å². The van der Waals surface area contributed by atoms with E-state index in [1.165, 1.54) is 0 Å². The first-order valence-electron chi connectivity index (χ1n) is 5.63. The molecule has 1 rings (SSSR count). The van der Waals surface area contributed by atoms with Gasteiger partial charge in [-0.15, -0.1) is 0 Å². The Morgan fingerprint density at radius 3 is 3.00 bits per heavy atom. The number of nitrogens with one attached hydrogen (secondary N) is 1. The van der Waals surface area contributed by atoms with Crippen molar-refractivity contribution in [2.24, 2.45) is 5.92 Å². The SMILES string of the molecule is CCC[C@H](C)C(=O)NC[C@@H]1CCCO1. The minimum Gasteiger partial charge on any atom is -0.376 e. The summed E-state index contributed by atoms with van der Waals surface area (Å²) in [7, 11) is 0. The molecule has 0 aromatic rings. The maximum Gasteiger partial charge on any atom is 0.222 e. The van der Waals surface area contributed by atoms with Gasteiger partial charge in [-0.3, -0.25) is 4.79 Å². The lowest BCUT2D eigenvalue weighted by molar-refractivity contribution is -0.125. The molecule has 0 aliphatic carbocycles. The van der Waals surface area contributed by atoms with Crippen LogP contribution in [0.4, 0.5) is 0 Å². The van der Waals surface area contributed by atoms with Gasteiger partial charge in [0.05, 0.1) is 6.10 Å². The Morgan fingerprint density at radius 1 is 1.64 bits per heavy atom. The minimum absolute atomic E-state index is 0.140. The summed E-state index contributed by atoms with van der Waals surface area (Å²) in [5.74, 6) is 0.309. The lowest BCUT2D eigenvalue weighted by atomic mass is 10.1. The summed E-state index contributed by atoms with van der Waals surface area (Å²) in [4.78, 5) is 11.5. The third-order valence-electron chi connectivity index (χ3n) is 2.70. The molecule has 1 aliphatic rings. The Morgan fingerprint density at radius 2 is 2.43 bits per heavy atom. The van der Waals surface area contributed by atoms with Crippen LogP contribution in [0.1, 0.15) is 39.5 Å². The third kappa shape index (κ3) is 3.66. The van der Waals surface area contributed by atoms with Crippen LogP contribution in [0.3, 0.4) is 0 Å². The zero-order valence-electron chi connectivity index (χ0n) is 9.21. The second-order valence-corrected chi connectivity index (χ2v) is 4.07. The summed E-state index contributed by atoms with van der Waals surface area (Å²) in [6.07, 6.45) is 4.51. The standard InChI is InChI=1S/C11H21NO2/c1-3-5-9(2)11(13)12-8-10-6-4-7-14-10/h9-10H,3-8H2,1-2H3,(H,12,13)/t9-,10-/m0/s1. The summed E-state index contributed by atoms with van der Waals surface area (Å²) in [5, 5.41) is 2.95. The molecule has 0 aromatic carbocycles. The number of ether oxygens (including phenoxy) is 1. The molecule has 0 radical (unpaired) electrons. The molecule has 2 atom stereocenters. The molecule has 0 bridgehead atoms. The number of hydrogen-bond acceptors (Lipinski definition) is 2. The van der Waals surface area contributed by atoms with Crippen LogP contribution in [-0.2, 0) is 9.53 Å². The lowest BCUT2D eigenvalue weighted by Crippen LogP contribution is -2.35. The Bertz CT molecular complexity index is 176. The molecule has 1 heterocycles. The van der Waals surface area contributed by atoms with Gasteiger partial charge in [0.15, 0.2) is 0 Å². The van der Waals surface area contributed by atoms with Crippen LogP contribution in [0.2, 0.25) is 0 Å². The van der Waals surface area contributed by atoms with Gasteiger partial charge < -0.3 is 10.1 Å². The van der Waals surface area contributed by atoms with Crippen molar-refractivity contribution in [1.82, 2.24) is 5.32 Å². The average molecular weight is 199 g/mol. The minimum atomic E-state index is 0.140. The topological polar surface area (TPSA) is 38.3 Å². The molecule has 1 amide bonds. The first-order chi connectivity index (χ1) is 6.74. The molecule has 0 aromatic heterocycles. The number of rotatable bonds is 5. The normalized spacial score (nSPS) is 23.4. The molecule has 0 unspecified atom stereocenters. The van der Waals surface area contributed by atoms with Crippen LogP contribution in [0.5, 0.6) is 0 Å². The van der Waals surface area contributed by atoms with Gasteiger partial charge >= 0.3 is 0 Å². The van der Waals surface area contributed by atoms with Gasteiger partial charge in [0.2, 0.25) is 5.91 Å².